The first kappa shape index (κ1) is 57.9. The van der Waals surface area contributed by atoms with Crippen LogP contribution >= 0.6 is 11.6 Å². The van der Waals surface area contributed by atoms with Crippen molar-refractivity contribution in [1.29, 1.82) is 0 Å². The van der Waals surface area contributed by atoms with Gasteiger partial charge in [0, 0.05) is 79.4 Å². The smallest absolute Gasteiger partial charge is 0.399 e. The Balaban J connectivity index is 0.000000155. The van der Waals surface area contributed by atoms with Crippen molar-refractivity contribution in [2.75, 3.05) is 60.0 Å². The Labute approximate surface area is 463 Å². The number of benzene rings is 2. The average Bonchev–Trinajstić information content (AvgIpc) is 3.65. The second kappa shape index (κ2) is 23.0. The van der Waals surface area contributed by atoms with Crippen LogP contribution in [-0.4, -0.2) is 122 Å². The van der Waals surface area contributed by atoms with Crippen molar-refractivity contribution in [1.82, 2.24) is 30.4 Å². The molecule has 2 aromatic carbocycles. The van der Waals surface area contributed by atoms with Crippen LogP contribution in [0.25, 0.3) is 11.3 Å². The van der Waals surface area contributed by atoms with Crippen LogP contribution in [0.4, 0.5) is 44.7 Å². The van der Waals surface area contributed by atoms with Gasteiger partial charge in [-0.3, -0.25) is 19.6 Å². The minimum atomic E-state index is -4.62. The topological polar surface area (TPSA) is 219 Å². The molecule has 0 saturated carbocycles. The highest BCUT2D eigenvalue weighted by atomic mass is 35.5. The Bertz CT molecular complexity index is 3270. The van der Waals surface area contributed by atoms with Gasteiger partial charge < -0.3 is 49.4 Å². The van der Waals surface area contributed by atoms with Crippen LogP contribution in [0.5, 0.6) is 0 Å². The zero-order chi connectivity index (χ0) is 57.5. The largest absolute Gasteiger partial charge is 0.495 e. The molecular formula is C55H59BClF5N10O8. The van der Waals surface area contributed by atoms with Crippen LogP contribution in [0.15, 0.2) is 85.2 Å². The number of aryl methyl sites for hydroxylation is 2. The van der Waals surface area contributed by atoms with Crippen molar-refractivity contribution in [2.24, 2.45) is 0 Å². The lowest BCUT2D eigenvalue weighted by Gasteiger charge is -2.42. The number of fused-ring (bicyclic) bond motifs is 6. The van der Waals surface area contributed by atoms with Crippen molar-refractivity contribution in [3.63, 3.8) is 0 Å². The summed E-state index contributed by atoms with van der Waals surface area (Å²) in [5, 5.41) is 42.7. The van der Waals surface area contributed by atoms with Gasteiger partial charge in [-0.2, -0.15) is 32.1 Å². The van der Waals surface area contributed by atoms with Gasteiger partial charge >= 0.3 is 13.3 Å². The number of alkyl halides is 5. The highest BCUT2D eigenvalue weighted by Gasteiger charge is 2.52. The number of nitrogens with zero attached hydrogens (tertiary/aromatic N) is 8. The number of ether oxygens (including phenoxy) is 2. The summed E-state index contributed by atoms with van der Waals surface area (Å²) in [5.41, 5.74) is 5.08. The van der Waals surface area contributed by atoms with Crippen LogP contribution in [0, 0.1) is 13.8 Å². The van der Waals surface area contributed by atoms with E-state index in [-0.39, 0.29) is 23.2 Å². The number of carbonyl (C=O) groups is 2. The lowest BCUT2D eigenvalue weighted by Crippen LogP contribution is -2.49. The van der Waals surface area contributed by atoms with Gasteiger partial charge in [-0.25, -0.2) is 0 Å². The van der Waals surface area contributed by atoms with Gasteiger partial charge in [0.15, 0.2) is 5.15 Å². The highest BCUT2D eigenvalue weighted by molar-refractivity contribution is 6.62. The second-order valence-electron chi connectivity index (χ2n) is 21.1. The predicted octanol–water partition coefficient (Wildman–Crippen LogP) is 8.59. The second-order valence-corrected chi connectivity index (χ2v) is 21.5. The fourth-order valence-electron chi connectivity index (χ4n) is 9.76. The Kier molecular flexibility index (Phi) is 16.6. The van der Waals surface area contributed by atoms with Crippen molar-refractivity contribution >= 4 is 58.7 Å². The summed E-state index contributed by atoms with van der Waals surface area (Å²) in [6.07, 6.45) is -2.55. The third-order valence-corrected chi connectivity index (χ3v) is 15.1. The summed E-state index contributed by atoms with van der Waals surface area (Å²) in [4.78, 5) is 36.5. The molecular weight excluding hydrogens is 1070 g/mol. The number of pyridine rings is 2. The normalized spacial score (nSPS) is 20.8. The van der Waals surface area contributed by atoms with E-state index in [2.05, 4.69) is 50.8 Å². The maximum absolute atomic E-state index is 13.6. The minimum absolute atomic E-state index is 0.0794. The fourth-order valence-corrected chi connectivity index (χ4v) is 9.90. The number of hydrogen-bond acceptors (Lipinski definition) is 16. The van der Waals surface area contributed by atoms with E-state index in [0.717, 1.165) is 65.3 Å². The molecule has 2 amide bonds. The Morgan fingerprint density at radius 3 is 1.73 bits per heavy atom. The molecule has 0 radical (unpaired) electrons. The molecule has 11 rings (SSSR count). The molecule has 5 aliphatic heterocycles. The van der Waals surface area contributed by atoms with Crippen molar-refractivity contribution in [2.45, 2.75) is 109 Å². The number of aromatic nitrogens is 6. The number of carbonyl (C=O) groups excluding carboxylic acids is 2. The van der Waals surface area contributed by atoms with E-state index >= 15 is 0 Å². The summed E-state index contributed by atoms with van der Waals surface area (Å²) >= 11 is 5.84. The molecule has 0 bridgehead atoms. The molecule has 4 atom stereocenters. The highest BCUT2D eigenvalue weighted by Crippen LogP contribution is 2.41. The molecule has 4 aromatic heterocycles. The molecule has 3 saturated heterocycles. The van der Waals surface area contributed by atoms with Gasteiger partial charge in [-0.15, -0.1) is 10.2 Å². The first-order chi connectivity index (χ1) is 37.8. The number of halogens is 6. The Hall–Kier alpha value is -6.80. The predicted molar refractivity (Wildman–Crippen MR) is 288 cm³/mol. The number of rotatable bonds is 7. The number of morpholine rings is 2. The molecule has 422 valence electrons. The van der Waals surface area contributed by atoms with E-state index in [0.29, 0.717) is 79.4 Å². The van der Waals surface area contributed by atoms with Crippen LogP contribution in [0.1, 0.15) is 114 Å². The molecule has 3 fully saturated rings. The van der Waals surface area contributed by atoms with Gasteiger partial charge in [0.05, 0.1) is 66.8 Å². The summed E-state index contributed by atoms with van der Waals surface area (Å²) in [5.74, 6) is -4.34. The zero-order valence-corrected chi connectivity index (χ0v) is 45.6. The van der Waals surface area contributed by atoms with Crippen LogP contribution < -0.4 is 25.9 Å². The first-order valence-electron chi connectivity index (χ1n) is 25.8. The van der Waals surface area contributed by atoms with Gasteiger partial charge in [0.1, 0.15) is 35.0 Å². The Morgan fingerprint density at radius 1 is 0.675 bits per heavy atom. The summed E-state index contributed by atoms with van der Waals surface area (Å²) in [6.45, 7) is 16.3. The molecule has 9 heterocycles. The summed E-state index contributed by atoms with van der Waals surface area (Å²) in [6, 6.07) is 18.9. The fraction of sp³-hybridized carbons (Fsp3) is 0.418. The summed E-state index contributed by atoms with van der Waals surface area (Å²) in [7, 11) is -0.616. The molecule has 4 unspecified atom stereocenters. The van der Waals surface area contributed by atoms with E-state index < -0.39 is 65.8 Å². The maximum atomic E-state index is 13.6. The average molecular weight is 1130 g/mol. The maximum Gasteiger partial charge on any atom is 0.495 e. The van der Waals surface area contributed by atoms with Crippen molar-refractivity contribution < 1.29 is 60.5 Å². The molecule has 18 nitrogen and oxygen atoms in total. The Morgan fingerprint density at radius 2 is 1.18 bits per heavy atom. The lowest BCUT2D eigenvalue weighted by molar-refractivity contribution is -0.141. The van der Waals surface area contributed by atoms with E-state index in [1.54, 1.807) is 36.4 Å². The molecule has 4 N–H and O–H groups in total. The molecule has 0 spiro atoms. The van der Waals surface area contributed by atoms with Gasteiger partial charge in [0.25, 0.3) is 17.7 Å². The monoisotopic (exact) mass is 1130 g/mol. The zero-order valence-electron chi connectivity index (χ0n) is 44.8. The van der Waals surface area contributed by atoms with Crippen molar-refractivity contribution in [3.8, 4) is 11.3 Å². The molecule has 6 aromatic rings. The molecule has 80 heavy (non-hydrogen) atoms. The van der Waals surface area contributed by atoms with Crippen LogP contribution in [-0.2, 0) is 30.9 Å². The van der Waals surface area contributed by atoms with Crippen LogP contribution in [0.3, 0.4) is 0 Å². The van der Waals surface area contributed by atoms with E-state index in [1.165, 1.54) is 18.3 Å². The van der Waals surface area contributed by atoms with Gasteiger partial charge in [-0.05, 0) is 107 Å². The third kappa shape index (κ3) is 12.7. The van der Waals surface area contributed by atoms with E-state index in [4.69, 9.17) is 30.4 Å². The number of nitrogens with one attached hydrogen (secondary N) is 2. The minimum Gasteiger partial charge on any atom is -0.399 e. The lowest BCUT2D eigenvalue weighted by atomic mass is 9.76. The number of hydrogen-bond donors (Lipinski definition) is 4. The quantitative estimate of drug-likeness (QED) is 0.0869. The van der Waals surface area contributed by atoms with Crippen LogP contribution in [0.2, 0.25) is 5.15 Å². The van der Waals surface area contributed by atoms with Crippen molar-refractivity contribution in [3.05, 3.63) is 135 Å². The summed E-state index contributed by atoms with van der Waals surface area (Å²) < 4.78 is 88.9. The van der Waals surface area contributed by atoms with Gasteiger partial charge in [0.2, 0.25) is 0 Å². The number of aliphatic hydroxyl groups excluding tert-OH is 2. The molecule has 0 aliphatic carbocycles. The third-order valence-electron chi connectivity index (χ3n) is 14.9. The van der Waals surface area contributed by atoms with Gasteiger partial charge in [-0.1, -0.05) is 29.3 Å². The molecule has 25 heteroatoms. The standard InChI is InChI=1S/C25H25F2N5O3.C20H22BF3N2O3.C10H12ClN3O2/c1-14-3-4-16(29-24(34)15-5-6-28-22(9-15)25(2,26)27)10-18(14)19-12-20-23(31-30-19)21(33)11-17-13-35-8-7-32(17)20;1-12-6-7-14(11-15(12)21-28-18(2,3)19(4,5)29-21)26-17(27)13-8-9-25-16(10-13)20(22,23)24;11-9-4-7-10(13-12-9)8(15)3-6-5-16-2-1-14(6)7/h3-6,9-10,12,17,21,33H,7-8,11,13H2,1-2H3,(H,29,34);6-11H,1-5H3,(H,26,27);4,6,8,15H,1-3,5H2. The molecule has 5 aliphatic rings. The van der Waals surface area contributed by atoms with E-state index in [9.17, 15) is 41.8 Å². The number of amides is 2. The number of aliphatic hydroxyl groups is 2. The number of anilines is 4. The SMILES string of the molecule is Cc1ccc(NC(=O)c2ccnc(C(C)(F)F)c2)cc1-c1cc2c(nn1)C(O)CC1COCCN21.Cc1ccc(NC(=O)c2ccnc(C(F)(F)F)c2)cc1B1OC(C)(C)C(C)(C)O1.OC1CC2COCCN2c2cc(Cl)nnc21. The first-order valence-corrected chi connectivity index (χ1v) is 26.2. The van der Waals surface area contributed by atoms with E-state index in [1.807, 2.05) is 53.7 Å².